The van der Waals surface area contributed by atoms with Gasteiger partial charge in [0.05, 0.1) is 12.2 Å². The van der Waals surface area contributed by atoms with Gasteiger partial charge in [-0.1, -0.05) is 24.3 Å². The zero-order valence-corrected chi connectivity index (χ0v) is 17.4. The topological polar surface area (TPSA) is 61.9 Å². The third-order valence-corrected chi connectivity index (χ3v) is 5.13. The molecule has 0 bridgehead atoms. The zero-order chi connectivity index (χ0) is 20.8. The summed E-state index contributed by atoms with van der Waals surface area (Å²) in [5, 5.41) is 3.00. The van der Waals surface area contributed by atoms with Gasteiger partial charge in [-0.3, -0.25) is 9.59 Å². The van der Waals surface area contributed by atoms with Crippen molar-refractivity contribution in [2.45, 2.75) is 32.4 Å². The summed E-state index contributed by atoms with van der Waals surface area (Å²) < 4.78 is 5.60. The number of anilines is 1. The van der Waals surface area contributed by atoms with E-state index in [0.717, 1.165) is 17.7 Å². The standard InChI is InChI=1S/C23H29N3O3/c1-4-29-21-13-6-5-11-19(21)23(28)26-14-8-12-20(26)22(27)24-16-17-9-7-10-18(15-17)25(2)3/h5-7,9-11,13,15,20H,4,8,12,14,16H2,1-3H3,(H,24,27). The van der Waals surface area contributed by atoms with Crippen LogP contribution in [0.1, 0.15) is 35.7 Å². The summed E-state index contributed by atoms with van der Waals surface area (Å²) in [6.07, 6.45) is 1.49. The molecule has 0 aromatic heterocycles. The summed E-state index contributed by atoms with van der Waals surface area (Å²) in [6, 6.07) is 14.8. The van der Waals surface area contributed by atoms with Crippen LogP contribution in [0.4, 0.5) is 5.69 Å². The molecule has 1 unspecified atom stereocenters. The van der Waals surface area contributed by atoms with Crippen LogP contribution in [-0.4, -0.2) is 50.0 Å². The lowest BCUT2D eigenvalue weighted by Crippen LogP contribution is -2.45. The normalized spacial score (nSPS) is 15.8. The Morgan fingerprint density at radius 3 is 2.72 bits per heavy atom. The molecule has 29 heavy (non-hydrogen) atoms. The predicted octanol–water partition coefficient (Wildman–Crippen LogP) is 3.07. The molecule has 0 radical (unpaired) electrons. The van der Waals surface area contributed by atoms with Gasteiger partial charge < -0.3 is 19.9 Å². The monoisotopic (exact) mass is 395 g/mol. The van der Waals surface area contributed by atoms with Crippen LogP contribution in [0, 0.1) is 0 Å². The number of carbonyl (C=O) groups excluding carboxylic acids is 2. The SMILES string of the molecule is CCOc1ccccc1C(=O)N1CCCC1C(=O)NCc1cccc(N(C)C)c1. The van der Waals surface area contributed by atoms with Crippen molar-refractivity contribution in [2.75, 3.05) is 32.1 Å². The van der Waals surface area contributed by atoms with Crippen LogP contribution >= 0.6 is 0 Å². The number of hydrogen-bond acceptors (Lipinski definition) is 4. The second-order valence-corrected chi connectivity index (χ2v) is 7.37. The van der Waals surface area contributed by atoms with E-state index in [9.17, 15) is 9.59 Å². The van der Waals surface area contributed by atoms with Gasteiger partial charge in [0.25, 0.3) is 5.91 Å². The van der Waals surface area contributed by atoms with Crippen LogP contribution in [-0.2, 0) is 11.3 Å². The average Bonchev–Trinajstić information content (AvgIpc) is 3.22. The van der Waals surface area contributed by atoms with Crippen molar-refractivity contribution in [3.8, 4) is 5.75 Å². The van der Waals surface area contributed by atoms with Crippen LogP contribution in [0.15, 0.2) is 48.5 Å². The van der Waals surface area contributed by atoms with E-state index in [1.165, 1.54) is 0 Å². The van der Waals surface area contributed by atoms with E-state index < -0.39 is 6.04 Å². The van der Waals surface area contributed by atoms with Crippen molar-refractivity contribution in [1.29, 1.82) is 0 Å². The fourth-order valence-electron chi connectivity index (χ4n) is 3.61. The van der Waals surface area contributed by atoms with Crippen LogP contribution in [0.2, 0.25) is 0 Å². The van der Waals surface area contributed by atoms with E-state index in [1.54, 1.807) is 17.0 Å². The summed E-state index contributed by atoms with van der Waals surface area (Å²) in [6.45, 7) is 3.39. The Kier molecular flexibility index (Phi) is 6.75. The fraction of sp³-hybridized carbons (Fsp3) is 0.391. The molecule has 2 aromatic carbocycles. The summed E-state index contributed by atoms with van der Waals surface area (Å²) in [7, 11) is 3.97. The van der Waals surface area contributed by atoms with E-state index in [0.29, 0.717) is 37.4 Å². The Balaban J connectivity index is 1.68. The van der Waals surface area contributed by atoms with Crippen molar-refractivity contribution in [3.05, 3.63) is 59.7 Å². The first kappa shape index (κ1) is 20.7. The summed E-state index contributed by atoms with van der Waals surface area (Å²) >= 11 is 0. The van der Waals surface area contributed by atoms with Gasteiger partial charge in [0.2, 0.25) is 5.91 Å². The molecule has 0 spiro atoms. The molecule has 6 nitrogen and oxygen atoms in total. The van der Waals surface area contributed by atoms with E-state index in [1.807, 2.05) is 56.3 Å². The molecule has 1 saturated heterocycles. The fourth-order valence-corrected chi connectivity index (χ4v) is 3.61. The van der Waals surface area contributed by atoms with Gasteiger partial charge in [-0.2, -0.15) is 0 Å². The molecular formula is C23H29N3O3. The van der Waals surface area contributed by atoms with E-state index >= 15 is 0 Å². The maximum absolute atomic E-state index is 13.1. The number of hydrogen-bond donors (Lipinski definition) is 1. The van der Waals surface area contributed by atoms with Crippen molar-refractivity contribution in [2.24, 2.45) is 0 Å². The summed E-state index contributed by atoms with van der Waals surface area (Å²) in [5.74, 6) is 0.299. The van der Waals surface area contributed by atoms with E-state index in [-0.39, 0.29) is 11.8 Å². The highest BCUT2D eigenvalue weighted by atomic mass is 16.5. The number of carbonyl (C=O) groups is 2. The molecule has 3 rings (SSSR count). The lowest BCUT2D eigenvalue weighted by molar-refractivity contribution is -0.125. The molecule has 2 aromatic rings. The number of likely N-dealkylation sites (tertiary alicyclic amines) is 1. The Labute approximate surface area is 172 Å². The molecule has 1 heterocycles. The Bertz CT molecular complexity index is 866. The molecule has 1 N–H and O–H groups in total. The van der Waals surface area contributed by atoms with Crippen LogP contribution in [0.5, 0.6) is 5.75 Å². The molecule has 1 atom stereocenters. The highest BCUT2D eigenvalue weighted by Gasteiger charge is 2.35. The summed E-state index contributed by atoms with van der Waals surface area (Å²) in [4.78, 5) is 29.7. The first-order valence-electron chi connectivity index (χ1n) is 10.1. The third kappa shape index (κ3) is 4.88. The molecule has 1 aliphatic heterocycles. The first-order chi connectivity index (χ1) is 14.0. The van der Waals surface area contributed by atoms with Gasteiger partial charge in [-0.25, -0.2) is 0 Å². The minimum Gasteiger partial charge on any atom is -0.493 e. The molecular weight excluding hydrogens is 366 g/mol. The van der Waals surface area contributed by atoms with Gasteiger partial charge in [-0.15, -0.1) is 0 Å². The lowest BCUT2D eigenvalue weighted by Gasteiger charge is -2.25. The quantitative estimate of drug-likeness (QED) is 0.783. The number of rotatable bonds is 7. The van der Waals surface area contributed by atoms with Gasteiger partial charge in [0, 0.05) is 32.9 Å². The summed E-state index contributed by atoms with van der Waals surface area (Å²) in [5.41, 5.74) is 2.62. The van der Waals surface area contributed by atoms with Crippen molar-refractivity contribution in [3.63, 3.8) is 0 Å². The molecule has 1 fully saturated rings. The molecule has 154 valence electrons. The Morgan fingerprint density at radius 2 is 1.97 bits per heavy atom. The third-order valence-electron chi connectivity index (χ3n) is 5.13. The second kappa shape index (κ2) is 9.45. The average molecular weight is 396 g/mol. The van der Waals surface area contributed by atoms with Crippen molar-refractivity contribution >= 4 is 17.5 Å². The number of nitrogens with zero attached hydrogens (tertiary/aromatic N) is 2. The lowest BCUT2D eigenvalue weighted by atomic mass is 10.1. The minimum absolute atomic E-state index is 0.111. The van der Waals surface area contributed by atoms with E-state index in [2.05, 4.69) is 11.4 Å². The molecule has 0 aliphatic carbocycles. The second-order valence-electron chi connectivity index (χ2n) is 7.37. The largest absolute Gasteiger partial charge is 0.493 e. The van der Waals surface area contributed by atoms with Crippen molar-refractivity contribution < 1.29 is 14.3 Å². The molecule has 2 amide bonds. The highest BCUT2D eigenvalue weighted by molar-refractivity contribution is 6.00. The van der Waals surface area contributed by atoms with Crippen LogP contribution in [0.3, 0.4) is 0 Å². The first-order valence-corrected chi connectivity index (χ1v) is 10.1. The highest BCUT2D eigenvalue weighted by Crippen LogP contribution is 2.25. The predicted molar refractivity (Wildman–Crippen MR) is 114 cm³/mol. The minimum atomic E-state index is -0.450. The van der Waals surface area contributed by atoms with E-state index in [4.69, 9.17) is 4.74 Å². The number of amides is 2. The maximum atomic E-state index is 13.1. The zero-order valence-electron chi connectivity index (χ0n) is 17.4. The smallest absolute Gasteiger partial charge is 0.258 e. The van der Waals surface area contributed by atoms with Gasteiger partial charge in [0.15, 0.2) is 0 Å². The van der Waals surface area contributed by atoms with Crippen LogP contribution in [0.25, 0.3) is 0 Å². The number of benzene rings is 2. The Hall–Kier alpha value is -3.02. The number of nitrogens with one attached hydrogen (secondary N) is 1. The molecule has 1 aliphatic rings. The van der Waals surface area contributed by atoms with Crippen molar-refractivity contribution in [1.82, 2.24) is 10.2 Å². The number of ether oxygens (including phenoxy) is 1. The van der Waals surface area contributed by atoms with Crippen LogP contribution < -0.4 is 15.0 Å². The molecule has 0 saturated carbocycles. The number of para-hydroxylation sites is 1. The van der Waals surface area contributed by atoms with Gasteiger partial charge >= 0.3 is 0 Å². The van der Waals surface area contributed by atoms with Gasteiger partial charge in [0.1, 0.15) is 11.8 Å². The van der Waals surface area contributed by atoms with Gasteiger partial charge in [-0.05, 0) is 49.6 Å². The Morgan fingerprint density at radius 1 is 1.17 bits per heavy atom. The maximum Gasteiger partial charge on any atom is 0.258 e. The molecule has 6 heteroatoms.